The highest BCUT2D eigenvalue weighted by atomic mass is 32.1. The van der Waals surface area contributed by atoms with Gasteiger partial charge in [0.05, 0.1) is 17.2 Å². The summed E-state index contributed by atoms with van der Waals surface area (Å²) in [6, 6.07) is 0.154. The fourth-order valence-corrected chi connectivity index (χ4v) is 2.91. The molecule has 1 heterocycles. The fourth-order valence-electron chi connectivity index (χ4n) is 1.69. The van der Waals surface area contributed by atoms with Crippen molar-refractivity contribution < 1.29 is 14.3 Å². The van der Waals surface area contributed by atoms with Gasteiger partial charge in [-0.2, -0.15) is 0 Å². The minimum absolute atomic E-state index is 0.0618. The van der Waals surface area contributed by atoms with Crippen LogP contribution in [-0.4, -0.2) is 24.4 Å². The molecule has 0 bridgehead atoms. The van der Waals surface area contributed by atoms with Crippen molar-refractivity contribution in [1.82, 2.24) is 0 Å². The van der Waals surface area contributed by atoms with Crippen LogP contribution in [0.3, 0.4) is 0 Å². The number of thiophene rings is 1. The quantitative estimate of drug-likeness (QED) is 0.594. The molecular formula is C15H24N2O3S. The predicted octanol–water partition coefficient (Wildman–Crippen LogP) is 3.56. The van der Waals surface area contributed by atoms with Crippen molar-refractivity contribution in [1.29, 1.82) is 0 Å². The third kappa shape index (κ3) is 3.97. The molecule has 1 atom stereocenters. The number of Topliss-reactive ketones (excluding diaryl/α,β-unsaturated/α-hetero) is 1. The summed E-state index contributed by atoms with van der Waals surface area (Å²) in [6.45, 7) is 9.96. The van der Waals surface area contributed by atoms with E-state index in [1.807, 2.05) is 6.92 Å². The van der Waals surface area contributed by atoms with Gasteiger partial charge < -0.3 is 15.8 Å². The molecule has 0 saturated heterocycles. The van der Waals surface area contributed by atoms with Crippen LogP contribution in [0.15, 0.2) is 0 Å². The van der Waals surface area contributed by atoms with Crippen LogP contribution in [0.1, 0.15) is 61.1 Å². The monoisotopic (exact) mass is 312 g/mol. The van der Waals surface area contributed by atoms with Crippen molar-refractivity contribution in [2.75, 3.05) is 17.7 Å². The number of nitrogen functional groups attached to an aromatic ring is 1. The number of nitrogens with two attached hydrogens (primary N) is 1. The summed E-state index contributed by atoms with van der Waals surface area (Å²) in [7, 11) is 0. The van der Waals surface area contributed by atoms with E-state index in [4.69, 9.17) is 10.5 Å². The molecule has 0 spiro atoms. The van der Waals surface area contributed by atoms with Gasteiger partial charge in [0.15, 0.2) is 5.78 Å². The minimum atomic E-state index is -0.486. The molecule has 21 heavy (non-hydrogen) atoms. The van der Waals surface area contributed by atoms with E-state index >= 15 is 0 Å². The first-order valence-corrected chi connectivity index (χ1v) is 8.04. The molecule has 1 unspecified atom stereocenters. The molecule has 0 saturated carbocycles. The molecule has 0 aliphatic carbocycles. The Morgan fingerprint density at radius 2 is 1.90 bits per heavy atom. The van der Waals surface area contributed by atoms with E-state index in [9.17, 15) is 9.59 Å². The van der Waals surface area contributed by atoms with Crippen LogP contribution in [0.25, 0.3) is 0 Å². The number of ketones is 1. The smallest absolute Gasteiger partial charge is 0.343 e. The number of ether oxygens (including phenoxy) is 1. The molecule has 0 aliphatic rings. The molecule has 6 heteroatoms. The van der Waals surface area contributed by atoms with Gasteiger partial charge >= 0.3 is 5.97 Å². The van der Waals surface area contributed by atoms with Crippen LogP contribution in [0.5, 0.6) is 0 Å². The predicted molar refractivity (Wildman–Crippen MR) is 87.2 cm³/mol. The highest BCUT2D eigenvalue weighted by molar-refractivity contribution is 7.19. The normalized spacial score (nSPS) is 12.3. The van der Waals surface area contributed by atoms with Gasteiger partial charge in [0.1, 0.15) is 10.6 Å². The molecule has 1 aromatic heterocycles. The molecule has 0 fully saturated rings. The molecule has 118 valence electrons. The maximum absolute atomic E-state index is 12.1. The average Bonchev–Trinajstić information content (AvgIpc) is 2.74. The second kappa shape index (κ2) is 7.45. The molecule has 0 amide bonds. The number of carbonyl (C=O) groups is 2. The summed E-state index contributed by atoms with van der Waals surface area (Å²) in [4.78, 5) is 24.5. The van der Waals surface area contributed by atoms with Gasteiger partial charge in [-0.05, 0) is 19.8 Å². The molecule has 3 N–H and O–H groups in total. The first kappa shape index (κ1) is 17.5. The van der Waals surface area contributed by atoms with E-state index in [2.05, 4.69) is 19.2 Å². The van der Waals surface area contributed by atoms with Crippen molar-refractivity contribution >= 4 is 33.8 Å². The number of hydrogen-bond acceptors (Lipinski definition) is 6. The van der Waals surface area contributed by atoms with E-state index in [1.54, 1.807) is 13.8 Å². The number of carbonyl (C=O) groups excluding carboxylic acids is 2. The van der Waals surface area contributed by atoms with Crippen LogP contribution in [-0.2, 0) is 4.74 Å². The summed E-state index contributed by atoms with van der Waals surface area (Å²) in [6.07, 6.45) is 0.353. The van der Waals surface area contributed by atoms with Gasteiger partial charge in [0.25, 0.3) is 0 Å². The van der Waals surface area contributed by atoms with Gasteiger partial charge in [-0.25, -0.2) is 4.79 Å². The number of anilines is 2. The zero-order chi connectivity index (χ0) is 16.2. The van der Waals surface area contributed by atoms with E-state index in [0.717, 1.165) is 0 Å². The molecule has 0 aliphatic heterocycles. The Morgan fingerprint density at radius 1 is 1.29 bits per heavy atom. The summed E-state index contributed by atoms with van der Waals surface area (Å²) in [5, 5.41) is 3.89. The standard InChI is InChI=1S/C15H24N2O3S/c1-6-10(18)13-12(16)11(15(19)20-7-2)14(21-13)17-9(5)8(3)4/h8-9,17H,6-7,16H2,1-5H3. The maximum Gasteiger partial charge on any atom is 0.343 e. The molecule has 0 radical (unpaired) electrons. The maximum atomic E-state index is 12.1. The zero-order valence-corrected chi connectivity index (χ0v) is 14.1. The summed E-state index contributed by atoms with van der Waals surface area (Å²) in [5.74, 6) is -0.165. The number of rotatable bonds is 7. The molecular weight excluding hydrogens is 288 g/mol. The van der Waals surface area contributed by atoms with Crippen LogP contribution in [0.2, 0.25) is 0 Å². The van der Waals surface area contributed by atoms with Crippen molar-refractivity contribution in [3.05, 3.63) is 10.4 Å². The highest BCUT2D eigenvalue weighted by Gasteiger charge is 2.26. The molecule has 1 rings (SSSR count). The number of hydrogen-bond donors (Lipinski definition) is 2. The van der Waals surface area contributed by atoms with Gasteiger partial charge in [0.2, 0.25) is 0 Å². The topological polar surface area (TPSA) is 81.4 Å². The van der Waals surface area contributed by atoms with Crippen molar-refractivity contribution in [3.63, 3.8) is 0 Å². The second-order valence-corrected chi connectivity index (χ2v) is 6.24. The Kier molecular flexibility index (Phi) is 6.20. The Labute approximate surface area is 129 Å². The Morgan fingerprint density at radius 3 is 2.38 bits per heavy atom. The first-order chi connectivity index (χ1) is 9.83. The van der Waals surface area contributed by atoms with Crippen molar-refractivity contribution in [2.45, 2.75) is 47.1 Å². The minimum Gasteiger partial charge on any atom is -0.462 e. The Hall–Kier alpha value is -1.56. The lowest BCUT2D eigenvalue weighted by Crippen LogP contribution is -2.22. The molecule has 0 aromatic carbocycles. The van der Waals surface area contributed by atoms with E-state index in [0.29, 0.717) is 22.2 Å². The molecule has 5 nitrogen and oxygen atoms in total. The van der Waals surface area contributed by atoms with Gasteiger partial charge in [-0.15, -0.1) is 11.3 Å². The Balaban J connectivity index is 3.26. The average molecular weight is 312 g/mol. The third-order valence-corrected chi connectivity index (χ3v) is 4.54. The second-order valence-electron chi connectivity index (χ2n) is 5.22. The van der Waals surface area contributed by atoms with Gasteiger partial charge in [-0.3, -0.25) is 4.79 Å². The SMILES string of the molecule is CCOC(=O)c1c(NC(C)C(C)C)sc(C(=O)CC)c1N. The fraction of sp³-hybridized carbons (Fsp3) is 0.600. The van der Waals surface area contributed by atoms with Crippen molar-refractivity contribution in [3.8, 4) is 0 Å². The largest absolute Gasteiger partial charge is 0.462 e. The van der Waals surface area contributed by atoms with Crippen LogP contribution in [0, 0.1) is 5.92 Å². The third-order valence-electron chi connectivity index (χ3n) is 3.36. The van der Waals surface area contributed by atoms with Gasteiger partial charge in [0, 0.05) is 12.5 Å². The lowest BCUT2D eigenvalue weighted by atomic mass is 10.1. The zero-order valence-electron chi connectivity index (χ0n) is 13.3. The van der Waals surface area contributed by atoms with Gasteiger partial charge in [-0.1, -0.05) is 20.8 Å². The van der Waals surface area contributed by atoms with E-state index < -0.39 is 5.97 Å². The number of esters is 1. The van der Waals surface area contributed by atoms with Crippen LogP contribution in [0.4, 0.5) is 10.7 Å². The van der Waals surface area contributed by atoms with Crippen molar-refractivity contribution in [2.24, 2.45) is 5.92 Å². The lowest BCUT2D eigenvalue weighted by Gasteiger charge is -2.18. The number of nitrogens with one attached hydrogen (secondary N) is 1. The summed E-state index contributed by atoms with van der Waals surface area (Å²) in [5.41, 5.74) is 6.52. The van der Waals surface area contributed by atoms with E-state index in [-0.39, 0.29) is 29.7 Å². The highest BCUT2D eigenvalue weighted by Crippen LogP contribution is 2.37. The first-order valence-electron chi connectivity index (χ1n) is 7.22. The summed E-state index contributed by atoms with van der Waals surface area (Å²) < 4.78 is 5.05. The van der Waals surface area contributed by atoms with E-state index in [1.165, 1.54) is 11.3 Å². The lowest BCUT2D eigenvalue weighted by molar-refractivity contribution is 0.0529. The van der Waals surface area contributed by atoms with Crippen LogP contribution < -0.4 is 11.1 Å². The molecule has 1 aromatic rings. The Bertz CT molecular complexity index is 523. The summed E-state index contributed by atoms with van der Waals surface area (Å²) >= 11 is 1.23. The van der Waals surface area contributed by atoms with Crippen LogP contribution >= 0.6 is 11.3 Å².